The highest BCUT2D eigenvalue weighted by atomic mass is 35.5. The van der Waals surface area contributed by atoms with Crippen molar-refractivity contribution in [2.45, 2.75) is 0 Å². The minimum Gasteiger partial charge on any atom is -0.479 e. The zero-order valence-corrected chi connectivity index (χ0v) is 10.7. The molecule has 0 amide bonds. The SMILES string of the molecule is COc1ncnc(Oc2ccc(C#N)c(Cl)c2)c1N. The third-order valence-electron chi connectivity index (χ3n) is 2.28. The van der Waals surface area contributed by atoms with E-state index in [1.807, 2.05) is 6.07 Å². The van der Waals surface area contributed by atoms with E-state index in [0.717, 1.165) is 0 Å². The summed E-state index contributed by atoms with van der Waals surface area (Å²) in [6.07, 6.45) is 1.27. The summed E-state index contributed by atoms with van der Waals surface area (Å²) in [7, 11) is 1.45. The number of benzene rings is 1. The quantitative estimate of drug-likeness (QED) is 0.925. The van der Waals surface area contributed by atoms with Gasteiger partial charge in [-0.25, -0.2) is 0 Å². The number of aromatic nitrogens is 2. The lowest BCUT2D eigenvalue weighted by Crippen LogP contribution is -2.00. The van der Waals surface area contributed by atoms with Crippen molar-refractivity contribution in [1.29, 1.82) is 5.26 Å². The van der Waals surface area contributed by atoms with E-state index in [0.29, 0.717) is 16.3 Å². The first-order chi connectivity index (χ1) is 9.15. The average molecular weight is 277 g/mol. The highest BCUT2D eigenvalue weighted by Crippen LogP contribution is 2.31. The fourth-order valence-electron chi connectivity index (χ4n) is 1.37. The van der Waals surface area contributed by atoms with E-state index in [1.165, 1.54) is 19.5 Å². The van der Waals surface area contributed by atoms with Gasteiger partial charge in [-0.05, 0) is 12.1 Å². The van der Waals surface area contributed by atoms with Crippen LogP contribution in [0.3, 0.4) is 0 Å². The van der Waals surface area contributed by atoms with Crippen LogP contribution in [-0.4, -0.2) is 17.1 Å². The number of halogens is 1. The maximum atomic E-state index is 8.78. The number of nitrogens with zero attached hydrogens (tertiary/aromatic N) is 3. The first kappa shape index (κ1) is 12.9. The van der Waals surface area contributed by atoms with Gasteiger partial charge in [0.1, 0.15) is 18.1 Å². The number of rotatable bonds is 3. The molecule has 1 aromatic heterocycles. The molecule has 19 heavy (non-hydrogen) atoms. The molecule has 0 aliphatic heterocycles. The van der Waals surface area contributed by atoms with Crippen molar-refractivity contribution in [1.82, 2.24) is 9.97 Å². The number of nitrogens with two attached hydrogens (primary N) is 1. The molecule has 6 nitrogen and oxygen atoms in total. The number of nitriles is 1. The molecule has 0 fully saturated rings. The number of nitrogen functional groups attached to an aromatic ring is 1. The van der Waals surface area contributed by atoms with Crippen LogP contribution in [0.5, 0.6) is 17.5 Å². The smallest absolute Gasteiger partial charge is 0.249 e. The first-order valence-corrected chi connectivity index (χ1v) is 5.55. The summed E-state index contributed by atoms with van der Waals surface area (Å²) in [5, 5.41) is 9.07. The Kier molecular flexibility index (Phi) is 3.68. The number of ether oxygens (including phenoxy) is 2. The van der Waals surface area contributed by atoms with Crippen LogP contribution in [0.1, 0.15) is 5.56 Å². The number of hydrogen-bond acceptors (Lipinski definition) is 6. The first-order valence-electron chi connectivity index (χ1n) is 5.17. The van der Waals surface area contributed by atoms with E-state index in [-0.39, 0.29) is 17.4 Å². The lowest BCUT2D eigenvalue weighted by atomic mass is 10.2. The third-order valence-corrected chi connectivity index (χ3v) is 2.59. The van der Waals surface area contributed by atoms with E-state index in [1.54, 1.807) is 12.1 Å². The van der Waals surface area contributed by atoms with Crippen LogP contribution in [0.25, 0.3) is 0 Å². The Balaban J connectivity index is 2.32. The molecule has 2 aromatic rings. The second-order valence-corrected chi connectivity index (χ2v) is 3.86. The predicted molar refractivity (Wildman–Crippen MR) is 69.2 cm³/mol. The summed E-state index contributed by atoms with van der Waals surface area (Å²) in [4.78, 5) is 7.74. The molecular formula is C12H9ClN4O2. The largest absolute Gasteiger partial charge is 0.479 e. The molecule has 2 rings (SSSR count). The van der Waals surface area contributed by atoms with E-state index in [9.17, 15) is 0 Å². The molecule has 0 atom stereocenters. The minimum absolute atomic E-state index is 0.160. The maximum Gasteiger partial charge on any atom is 0.249 e. The van der Waals surface area contributed by atoms with E-state index in [4.69, 9.17) is 32.1 Å². The van der Waals surface area contributed by atoms with Gasteiger partial charge in [-0.2, -0.15) is 15.2 Å². The Morgan fingerprint density at radius 2 is 2.05 bits per heavy atom. The molecule has 1 heterocycles. The molecule has 2 N–H and O–H groups in total. The molecule has 96 valence electrons. The van der Waals surface area contributed by atoms with Gasteiger partial charge in [0.2, 0.25) is 11.8 Å². The van der Waals surface area contributed by atoms with Crippen molar-refractivity contribution in [2.24, 2.45) is 0 Å². The van der Waals surface area contributed by atoms with Gasteiger partial charge in [-0.3, -0.25) is 0 Å². The Labute approximate surface area is 114 Å². The van der Waals surface area contributed by atoms with Crippen molar-refractivity contribution in [3.63, 3.8) is 0 Å². The highest BCUT2D eigenvalue weighted by molar-refractivity contribution is 6.31. The zero-order valence-electron chi connectivity index (χ0n) is 9.92. The molecule has 7 heteroatoms. The summed E-state index contributed by atoms with van der Waals surface area (Å²) >= 11 is 5.90. The van der Waals surface area contributed by atoms with Crippen molar-refractivity contribution >= 4 is 17.3 Å². The van der Waals surface area contributed by atoms with Crippen LogP contribution in [0, 0.1) is 11.3 Å². The maximum absolute atomic E-state index is 8.78. The van der Waals surface area contributed by atoms with Gasteiger partial charge >= 0.3 is 0 Å². The standard InChI is InChI=1S/C12H9ClN4O2/c1-18-11-10(15)12(17-6-16-11)19-8-3-2-7(5-14)9(13)4-8/h2-4,6H,15H2,1H3. The van der Waals surface area contributed by atoms with Gasteiger partial charge in [-0.1, -0.05) is 11.6 Å². The van der Waals surface area contributed by atoms with Crippen LogP contribution in [-0.2, 0) is 0 Å². The van der Waals surface area contributed by atoms with Gasteiger partial charge in [0, 0.05) is 6.07 Å². The Morgan fingerprint density at radius 1 is 1.32 bits per heavy atom. The van der Waals surface area contributed by atoms with E-state index < -0.39 is 0 Å². The molecule has 1 aromatic carbocycles. The van der Waals surface area contributed by atoms with Crippen LogP contribution in [0.2, 0.25) is 5.02 Å². The zero-order chi connectivity index (χ0) is 13.8. The topological polar surface area (TPSA) is 94.0 Å². The minimum atomic E-state index is 0.160. The highest BCUT2D eigenvalue weighted by Gasteiger charge is 2.11. The van der Waals surface area contributed by atoms with Gasteiger partial charge in [-0.15, -0.1) is 0 Å². The van der Waals surface area contributed by atoms with Gasteiger partial charge in [0.05, 0.1) is 17.7 Å². The van der Waals surface area contributed by atoms with Crippen LogP contribution < -0.4 is 15.2 Å². The second kappa shape index (κ2) is 5.42. The summed E-state index contributed by atoms with van der Waals surface area (Å²) in [6, 6.07) is 6.61. The lowest BCUT2D eigenvalue weighted by Gasteiger charge is -2.09. The van der Waals surface area contributed by atoms with Crippen molar-refractivity contribution in [3.8, 4) is 23.6 Å². The molecule has 0 saturated heterocycles. The van der Waals surface area contributed by atoms with Gasteiger partial charge in [0.15, 0.2) is 5.69 Å². The van der Waals surface area contributed by atoms with Gasteiger partial charge in [0.25, 0.3) is 0 Å². The molecule has 0 unspecified atom stereocenters. The summed E-state index contributed by atoms with van der Waals surface area (Å²) < 4.78 is 10.4. The Hall–Kier alpha value is -2.52. The fourth-order valence-corrected chi connectivity index (χ4v) is 1.58. The summed E-state index contributed by atoms with van der Waals surface area (Å²) in [5.41, 5.74) is 6.32. The lowest BCUT2D eigenvalue weighted by molar-refractivity contribution is 0.391. The molecular weight excluding hydrogens is 268 g/mol. The molecule has 0 aliphatic rings. The molecule has 0 saturated carbocycles. The van der Waals surface area contributed by atoms with E-state index in [2.05, 4.69) is 9.97 Å². The third kappa shape index (κ3) is 2.67. The van der Waals surface area contributed by atoms with Crippen LogP contribution in [0.15, 0.2) is 24.5 Å². The fraction of sp³-hybridized carbons (Fsp3) is 0.0833. The molecule has 0 aliphatic carbocycles. The monoisotopic (exact) mass is 276 g/mol. The van der Waals surface area contributed by atoms with Gasteiger partial charge < -0.3 is 15.2 Å². The second-order valence-electron chi connectivity index (χ2n) is 3.46. The normalized spacial score (nSPS) is 9.74. The molecule has 0 bridgehead atoms. The molecule has 0 spiro atoms. The summed E-state index contributed by atoms with van der Waals surface area (Å²) in [6.45, 7) is 0. The van der Waals surface area contributed by atoms with Crippen LogP contribution in [0.4, 0.5) is 5.69 Å². The average Bonchev–Trinajstić information content (AvgIpc) is 2.41. The number of hydrogen-bond donors (Lipinski definition) is 1. The Morgan fingerprint density at radius 3 is 2.68 bits per heavy atom. The summed E-state index contributed by atoms with van der Waals surface area (Å²) in [5.74, 6) is 0.800. The van der Waals surface area contributed by atoms with E-state index >= 15 is 0 Å². The van der Waals surface area contributed by atoms with Crippen LogP contribution >= 0.6 is 11.6 Å². The number of anilines is 1. The van der Waals surface area contributed by atoms with Crippen molar-refractivity contribution in [3.05, 3.63) is 35.1 Å². The van der Waals surface area contributed by atoms with Crippen molar-refractivity contribution in [2.75, 3.05) is 12.8 Å². The number of methoxy groups -OCH3 is 1. The molecule has 0 radical (unpaired) electrons. The van der Waals surface area contributed by atoms with Crippen molar-refractivity contribution < 1.29 is 9.47 Å². The predicted octanol–water partition coefficient (Wildman–Crippen LogP) is 2.38. The Bertz CT molecular complexity index is 655.